The van der Waals surface area contributed by atoms with E-state index in [0.717, 1.165) is 43.4 Å². The van der Waals surface area contributed by atoms with Crippen molar-refractivity contribution in [3.8, 4) is 5.75 Å². The normalized spacial score (nSPS) is 16.1. The third-order valence-corrected chi connectivity index (χ3v) is 5.34. The Labute approximate surface area is 139 Å². The van der Waals surface area contributed by atoms with Crippen molar-refractivity contribution in [3.63, 3.8) is 0 Å². The molecule has 2 aromatic carbocycles. The Hall–Kier alpha value is -2.11. The van der Waals surface area contributed by atoms with Gasteiger partial charge in [-0.25, -0.2) is 4.98 Å². The van der Waals surface area contributed by atoms with Gasteiger partial charge in [-0.2, -0.15) is 0 Å². The van der Waals surface area contributed by atoms with Crippen LogP contribution in [-0.2, 0) is 6.54 Å². The Balaban J connectivity index is 1.40. The number of piperazine rings is 1. The molecule has 0 spiro atoms. The number of fused-ring (bicyclic) bond motifs is 1. The van der Waals surface area contributed by atoms with E-state index in [0.29, 0.717) is 5.75 Å². The first-order valence-corrected chi connectivity index (χ1v) is 8.70. The first-order valence-electron chi connectivity index (χ1n) is 7.89. The van der Waals surface area contributed by atoms with Gasteiger partial charge >= 0.3 is 0 Å². The number of hydrogen-bond donors (Lipinski definition) is 1. The van der Waals surface area contributed by atoms with Crippen molar-refractivity contribution in [2.45, 2.75) is 6.54 Å². The van der Waals surface area contributed by atoms with Crippen LogP contribution in [0.5, 0.6) is 5.75 Å². The lowest BCUT2D eigenvalue weighted by Crippen LogP contribution is -2.45. The van der Waals surface area contributed by atoms with Crippen LogP contribution in [0.4, 0.5) is 5.13 Å². The molecule has 1 saturated heterocycles. The molecule has 1 aliphatic heterocycles. The van der Waals surface area contributed by atoms with Crippen molar-refractivity contribution in [2.75, 3.05) is 31.1 Å². The maximum Gasteiger partial charge on any atom is 0.186 e. The standard InChI is InChI=1S/C18H19N3OS/c22-15-5-3-4-14(12-15)13-20-8-10-21(11-9-20)18-19-16-6-1-2-7-17(16)23-18/h1-7,12,22H,8-11,13H2. The lowest BCUT2D eigenvalue weighted by Gasteiger charge is -2.34. The summed E-state index contributed by atoms with van der Waals surface area (Å²) in [5.74, 6) is 0.343. The fourth-order valence-electron chi connectivity index (χ4n) is 3.01. The van der Waals surface area contributed by atoms with Gasteiger partial charge in [0.05, 0.1) is 10.2 Å². The Bertz CT molecular complexity index is 776. The number of hydrogen-bond acceptors (Lipinski definition) is 5. The maximum atomic E-state index is 9.57. The van der Waals surface area contributed by atoms with E-state index in [4.69, 9.17) is 4.98 Å². The van der Waals surface area contributed by atoms with Crippen molar-refractivity contribution in [1.82, 2.24) is 9.88 Å². The second kappa shape index (κ2) is 6.18. The first-order chi connectivity index (χ1) is 11.3. The Morgan fingerprint density at radius 3 is 2.61 bits per heavy atom. The van der Waals surface area contributed by atoms with Gasteiger partial charge in [0.15, 0.2) is 5.13 Å². The molecule has 5 heteroatoms. The number of thiazole rings is 1. The molecule has 0 saturated carbocycles. The highest BCUT2D eigenvalue weighted by atomic mass is 32.1. The number of anilines is 1. The van der Waals surface area contributed by atoms with Crippen molar-refractivity contribution in [1.29, 1.82) is 0 Å². The van der Waals surface area contributed by atoms with E-state index in [9.17, 15) is 5.11 Å². The SMILES string of the molecule is Oc1cccc(CN2CCN(c3nc4ccccc4s3)CC2)c1. The van der Waals surface area contributed by atoms with Gasteiger partial charge in [0.1, 0.15) is 5.75 Å². The number of phenolic OH excluding ortho intramolecular Hbond substituents is 1. The summed E-state index contributed by atoms with van der Waals surface area (Å²) in [5.41, 5.74) is 2.26. The van der Waals surface area contributed by atoms with Gasteiger partial charge in [-0.05, 0) is 29.8 Å². The van der Waals surface area contributed by atoms with Gasteiger partial charge in [-0.15, -0.1) is 0 Å². The molecule has 2 heterocycles. The van der Waals surface area contributed by atoms with E-state index in [1.54, 1.807) is 17.4 Å². The highest BCUT2D eigenvalue weighted by Crippen LogP contribution is 2.29. The third kappa shape index (κ3) is 3.16. The minimum absolute atomic E-state index is 0.343. The summed E-state index contributed by atoms with van der Waals surface area (Å²) < 4.78 is 1.25. The van der Waals surface area contributed by atoms with Crippen LogP contribution in [-0.4, -0.2) is 41.2 Å². The van der Waals surface area contributed by atoms with Crippen LogP contribution in [0.15, 0.2) is 48.5 Å². The van der Waals surface area contributed by atoms with E-state index in [1.807, 2.05) is 18.2 Å². The van der Waals surface area contributed by atoms with Gasteiger partial charge in [-0.1, -0.05) is 35.6 Å². The minimum Gasteiger partial charge on any atom is -0.508 e. The fraction of sp³-hybridized carbons (Fsp3) is 0.278. The van der Waals surface area contributed by atoms with E-state index >= 15 is 0 Å². The van der Waals surface area contributed by atoms with E-state index in [2.05, 4.69) is 34.1 Å². The number of aromatic hydroxyl groups is 1. The van der Waals surface area contributed by atoms with E-state index in [1.165, 1.54) is 10.3 Å². The van der Waals surface area contributed by atoms with Gasteiger partial charge in [0.25, 0.3) is 0 Å². The molecule has 23 heavy (non-hydrogen) atoms. The number of phenols is 1. The third-order valence-electron chi connectivity index (χ3n) is 4.24. The van der Waals surface area contributed by atoms with Gasteiger partial charge in [0.2, 0.25) is 0 Å². The van der Waals surface area contributed by atoms with Crippen molar-refractivity contribution >= 4 is 26.7 Å². The number of para-hydroxylation sites is 1. The molecule has 0 bridgehead atoms. The summed E-state index contributed by atoms with van der Waals surface area (Å²) in [6, 6.07) is 15.9. The molecule has 0 radical (unpaired) electrons. The highest BCUT2D eigenvalue weighted by molar-refractivity contribution is 7.22. The van der Waals surface area contributed by atoms with E-state index in [-0.39, 0.29) is 0 Å². The number of aromatic nitrogens is 1. The summed E-state index contributed by atoms with van der Waals surface area (Å²) in [6.07, 6.45) is 0. The molecule has 0 unspecified atom stereocenters. The minimum atomic E-state index is 0.343. The van der Waals surface area contributed by atoms with Crippen LogP contribution in [0, 0.1) is 0 Å². The van der Waals surface area contributed by atoms with Crippen LogP contribution in [0.1, 0.15) is 5.56 Å². The molecule has 1 N–H and O–H groups in total. The molecule has 3 aromatic rings. The van der Waals surface area contributed by atoms with Crippen molar-refractivity contribution in [2.24, 2.45) is 0 Å². The Kier molecular flexibility index (Phi) is 3.89. The van der Waals surface area contributed by atoms with Crippen LogP contribution < -0.4 is 4.90 Å². The monoisotopic (exact) mass is 325 g/mol. The lowest BCUT2D eigenvalue weighted by molar-refractivity contribution is 0.249. The topological polar surface area (TPSA) is 39.6 Å². The van der Waals surface area contributed by atoms with Gasteiger partial charge < -0.3 is 10.0 Å². The number of rotatable bonds is 3. The fourth-order valence-corrected chi connectivity index (χ4v) is 4.02. The molecule has 118 valence electrons. The summed E-state index contributed by atoms with van der Waals surface area (Å²) in [6.45, 7) is 4.93. The van der Waals surface area contributed by atoms with Crippen LogP contribution in [0.2, 0.25) is 0 Å². The molecule has 0 aliphatic carbocycles. The summed E-state index contributed by atoms with van der Waals surface area (Å²) in [4.78, 5) is 9.56. The Morgan fingerprint density at radius 1 is 1.00 bits per heavy atom. The number of benzene rings is 2. The lowest BCUT2D eigenvalue weighted by atomic mass is 10.2. The molecule has 0 amide bonds. The maximum absolute atomic E-state index is 9.57. The zero-order chi connectivity index (χ0) is 15.6. The zero-order valence-corrected chi connectivity index (χ0v) is 13.7. The molecular formula is C18H19N3OS. The highest BCUT2D eigenvalue weighted by Gasteiger charge is 2.19. The summed E-state index contributed by atoms with van der Waals surface area (Å²) in [7, 11) is 0. The van der Waals surface area contributed by atoms with Gasteiger partial charge in [0, 0.05) is 32.7 Å². The summed E-state index contributed by atoms with van der Waals surface area (Å²) in [5, 5.41) is 10.7. The van der Waals surface area contributed by atoms with E-state index < -0.39 is 0 Å². The predicted molar refractivity (Wildman–Crippen MR) is 95.2 cm³/mol. The number of nitrogens with zero attached hydrogens (tertiary/aromatic N) is 3. The summed E-state index contributed by atoms with van der Waals surface area (Å²) >= 11 is 1.77. The molecule has 1 aliphatic rings. The Morgan fingerprint density at radius 2 is 1.83 bits per heavy atom. The molecule has 1 fully saturated rings. The zero-order valence-electron chi connectivity index (χ0n) is 12.9. The van der Waals surface area contributed by atoms with Crippen molar-refractivity contribution < 1.29 is 5.11 Å². The van der Waals surface area contributed by atoms with Crippen molar-refractivity contribution in [3.05, 3.63) is 54.1 Å². The first kappa shape index (κ1) is 14.5. The molecule has 4 rings (SSSR count). The predicted octanol–water partition coefficient (Wildman–Crippen LogP) is 3.32. The molecular weight excluding hydrogens is 306 g/mol. The molecule has 1 aromatic heterocycles. The molecule has 4 nitrogen and oxygen atoms in total. The van der Waals surface area contributed by atoms with Crippen LogP contribution in [0.3, 0.4) is 0 Å². The average molecular weight is 325 g/mol. The average Bonchev–Trinajstić information content (AvgIpc) is 2.99. The van der Waals surface area contributed by atoms with Gasteiger partial charge in [-0.3, -0.25) is 4.90 Å². The second-order valence-corrected chi connectivity index (χ2v) is 6.91. The smallest absolute Gasteiger partial charge is 0.186 e. The quantitative estimate of drug-likeness (QED) is 0.802. The molecule has 0 atom stereocenters. The second-order valence-electron chi connectivity index (χ2n) is 5.90. The van der Waals surface area contributed by atoms with Crippen LogP contribution in [0.25, 0.3) is 10.2 Å². The largest absolute Gasteiger partial charge is 0.508 e. The van der Waals surface area contributed by atoms with Crippen LogP contribution >= 0.6 is 11.3 Å².